The van der Waals surface area contributed by atoms with Crippen LogP contribution in [0.15, 0.2) is 17.1 Å². The number of nitrogens with one attached hydrogen (secondary N) is 1. The normalized spacial score (nSPS) is 19.7. The number of carboxylic acids is 1. The Morgan fingerprint density at radius 1 is 1.35 bits per heavy atom. The predicted molar refractivity (Wildman–Crippen MR) is 118 cm³/mol. The third-order valence-corrected chi connectivity index (χ3v) is 6.43. The van der Waals surface area contributed by atoms with E-state index in [-0.39, 0.29) is 17.0 Å². The first-order valence-electron chi connectivity index (χ1n) is 11.1. The first-order valence-corrected chi connectivity index (χ1v) is 11.1. The van der Waals surface area contributed by atoms with Crippen LogP contribution in [0.4, 0.5) is 10.1 Å². The Kier molecular flexibility index (Phi) is 5.92. The summed E-state index contributed by atoms with van der Waals surface area (Å²) >= 11 is 0. The molecule has 2 N–H and O–H groups in total. The van der Waals surface area contributed by atoms with Crippen molar-refractivity contribution >= 4 is 22.6 Å². The highest BCUT2D eigenvalue weighted by Crippen LogP contribution is 2.44. The van der Waals surface area contributed by atoms with Crippen molar-refractivity contribution in [3.8, 4) is 5.75 Å². The van der Waals surface area contributed by atoms with E-state index in [4.69, 9.17) is 4.74 Å². The summed E-state index contributed by atoms with van der Waals surface area (Å²) in [6, 6.07) is 1.61. The zero-order valence-corrected chi connectivity index (χ0v) is 18.3. The number of fused-ring (bicyclic) bond motifs is 1. The molecule has 8 heteroatoms. The molecule has 2 atom stereocenters. The Morgan fingerprint density at radius 2 is 2.10 bits per heavy atom. The van der Waals surface area contributed by atoms with Crippen molar-refractivity contribution in [3.05, 3.63) is 33.9 Å². The Bertz CT molecular complexity index is 1060. The Hall–Kier alpha value is -2.61. The van der Waals surface area contributed by atoms with Crippen LogP contribution < -0.4 is 20.4 Å². The number of pyridine rings is 1. The minimum atomic E-state index is -1.30. The SMILES string of the molecule is CCN[C@@H](C)[C@@H]1CCN(c2c(F)cc3c(=O)c(C(=O)O)cn(C4CC4)c3c2OCC)C1. The molecule has 0 bridgehead atoms. The van der Waals surface area contributed by atoms with E-state index >= 15 is 4.39 Å². The fourth-order valence-electron chi connectivity index (χ4n) is 4.70. The second-order valence-electron chi connectivity index (χ2n) is 8.52. The molecular weight excluding hydrogens is 401 g/mol. The van der Waals surface area contributed by atoms with Gasteiger partial charge in [0.1, 0.15) is 11.3 Å². The van der Waals surface area contributed by atoms with Gasteiger partial charge >= 0.3 is 5.97 Å². The molecule has 2 fully saturated rings. The summed E-state index contributed by atoms with van der Waals surface area (Å²) in [6.07, 6.45) is 4.11. The molecule has 1 saturated carbocycles. The second kappa shape index (κ2) is 8.49. The van der Waals surface area contributed by atoms with Crippen LogP contribution in [0.2, 0.25) is 0 Å². The van der Waals surface area contributed by atoms with Gasteiger partial charge in [0.15, 0.2) is 11.6 Å². The highest BCUT2D eigenvalue weighted by Gasteiger charge is 2.34. The highest BCUT2D eigenvalue weighted by molar-refractivity contribution is 5.97. The maximum absolute atomic E-state index is 15.5. The average Bonchev–Trinajstić information content (AvgIpc) is 3.45. The van der Waals surface area contributed by atoms with E-state index in [1.807, 2.05) is 16.4 Å². The molecule has 2 aromatic rings. The summed E-state index contributed by atoms with van der Waals surface area (Å²) in [7, 11) is 0. The molecule has 2 aliphatic rings. The minimum absolute atomic E-state index is 0.0632. The van der Waals surface area contributed by atoms with Crippen molar-refractivity contribution < 1.29 is 19.0 Å². The first-order chi connectivity index (χ1) is 14.9. The van der Waals surface area contributed by atoms with Crippen molar-refractivity contribution in [2.75, 3.05) is 31.1 Å². The molecule has 0 unspecified atom stereocenters. The maximum Gasteiger partial charge on any atom is 0.341 e. The van der Waals surface area contributed by atoms with Gasteiger partial charge in [-0.05, 0) is 51.6 Å². The molecule has 7 nitrogen and oxygen atoms in total. The van der Waals surface area contributed by atoms with Crippen LogP contribution in [0.5, 0.6) is 5.75 Å². The Morgan fingerprint density at radius 3 is 2.71 bits per heavy atom. The van der Waals surface area contributed by atoms with Gasteiger partial charge in [0.2, 0.25) is 5.43 Å². The highest BCUT2D eigenvalue weighted by atomic mass is 19.1. The molecular formula is C23H30FN3O4. The number of aromatic nitrogens is 1. The zero-order chi connectivity index (χ0) is 22.3. The van der Waals surface area contributed by atoms with Crippen molar-refractivity contribution in [2.24, 2.45) is 5.92 Å². The summed E-state index contributed by atoms with van der Waals surface area (Å²) in [6.45, 7) is 8.63. The Balaban J connectivity index is 1.89. The van der Waals surface area contributed by atoms with Gasteiger partial charge in [-0.25, -0.2) is 9.18 Å². The number of anilines is 1. The number of halogens is 1. The van der Waals surface area contributed by atoms with Gasteiger partial charge in [-0.1, -0.05) is 6.92 Å². The summed E-state index contributed by atoms with van der Waals surface area (Å²) < 4.78 is 23.2. The van der Waals surface area contributed by atoms with Crippen LogP contribution in [-0.2, 0) is 0 Å². The molecule has 0 radical (unpaired) electrons. The lowest BCUT2D eigenvalue weighted by Crippen LogP contribution is -2.35. The van der Waals surface area contributed by atoms with Crippen LogP contribution in [0, 0.1) is 11.7 Å². The smallest absolute Gasteiger partial charge is 0.341 e. The van der Waals surface area contributed by atoms with E-state index in [2.05, 4.69) is 19.2 Å². The number of aromatic carboxylic acids is 1. The number of carbonyl (C=O) groups is 1. The van der Waals surface area contributed by atoms with E-state index in [0.717, 1.165) is 25.8 Å². The first kappa shape index (κ1) is 21.6. The van der Waals surface area contributed by atoms with E-state index in [9.17, 15) is 14.7 Å². The molecule has 1 aromatic carbocycles. The van der Waals surface area contributed by atoms with Gasteiger partial charge in [-0.15, -0.1) is 0 Å². The van der Waals surface area contributed by atoms with Crippen LogP contribution in [0.1, 0.15) is 56.4 Å². The van der Waals surface area contributed by atoms with Gasteiger partial charge in [-0.3, -0.25) is 4.79 Å². The van der Waals surface area contributed by atoms with Gasteiger partial charge in [0, 0.05) is 31.4 Å². The lowest BCUT2D eigenvalue weighted by Gasteiger charge is -2.26. The van der Waals surface area contributed by atoms with Crippen LogP contribution in [0.25, 0.3) is 10.9 Å². The third-order valence-electron chi connectivity index (χ3n) is 6.43. The van der Waals surface area contributed by atoms with Gasteiger partial charge < -0.3 is 24.6 Å². The molecule has 31 heavy (non-hydrogen) atoms. The number of carboxylic acid groups (broad SMARTS) is 1. The standard InChI is InChI=1S/C23H30FN3O4/c1-4-25-13(3)14-8-9-26(11-14)20-18(24)10-16-19(22(20)31-5-2)27(15-6-7-15)12-17(21(16)28)23(29)30/h10,12-15,25H,4-9,11H2,1-3H3,(H,29,30)/t13-,14+/m0/s1. The number of rotatable bonds is 8. The minimum Gasteiger partial charge on any atom is -0.489 e. The number of hydrogen-bond donors (Lipinski definition) is 2. The monoisotopic (exact) mass is 431 g/mol. The quantitative estimate of drug-likeness (QED) is 0.667. The molecule has 2 heterocycles. The van der Waals surface area contributed by atoms with Crippen molar-refractivity contribution in [3.63, 3.8) is 0 Å². The van der Waals surface area contributed by atoms with Crippen molar-refractivity contribution in [1.29, 1.82) is 0 Å². The third kappa shape index (κ3) is 3.89. The van der Waals surface area contributed by atoms with Crippen molar-refractivity contribution in [2.45, 2.75) is 52.1 Å². The summed E-state index contributed by atoms with van der Waals surface area (Å²) in [5.74, 6) is -1.13. The van der Waals surface area contributed by atoms with E-state index < -0.39 is 17.2 Å². The summed E-state index contributed by atoms with van der Waals surface area (Å²) in [5, 5.41) is 13.0. The number of hydrogen-bond acceptors (Lipinski definition) is 5. The van der Waals surface area contributed by atoms with Crippen molar-refractivity contribution in [1.82, 2.24) is 9.88 Å². The Labute approximate surface area is 180 Å². The van der Waals surface area contributed by atoms with E-state index in [1.54, 1.807) is 0 Å². The second-order valence-corrected chi connectivity index (χ2v) is 8.52. The van der Waals surface area contributed by atoms with E-state index in [0.29, 0.717) is 48.6 Å². The van der Waals surface area contributed by atoms with Gasteiger partial charge in [0.25, 0.3) is 0 Å². The van der Waals surface area contributed by atoms with Crippen LogP contribution in [0.3, 0.4) is 0 Å². The number of ether oxygens (including phenoxy) is 1. The molecule has 1 aromatic heterocycles. The topological polar surface area (TPSA) is 83.8 Å². The largest absolute Gasteiger partial charge is 0.489 e. The fourth-order valence-corrected chi connectivity index (χ4v) is 4.70. The lowest BCUT2D eigenvalue weighted by molar-refractivity contribution is 0.0694. The lowest BCUT2D eigenvalue weighted by atomic mass is 10.0. The predicted octanol–water partition coefficient (Wildman–Crippen LogP) is 3.40. The molecule has 4 rings (SSSR count). The summed E-state index contributed by atoms with van der Waals surface area (Å²) in [4.78, 5) is 26.5. The van der Waals surface area contributed by atoms with Crippen LogP contribution in [-0.4, -0.2) is 47.9 Å². The zero-order valence-electron chi connectivity index (χ0n) is 18.3. The van der Waals surface area contributed by atoms with Gasteiger partial charge in [0.05, 0.1) is 17.5 Å². The van der Waals surface area contributed by atoms with E-state index in [1.165, 1.54) is 12.3 Å². The molecule has 168 valence electrons. The van der Waals surface area contributed by atoms with Crippen LogP contribution >= 0.6 is 0 Å². The fraction of sp³-hybridized carbons (Fsp3) is 0.565. The number of nitrogens with zero attached hydrogens (tertiary/aromatic N) is 2. The molecule has 1 saturated heterocycles. The molecule has 0 spiro atoms. The van der Waals surface area contributed by atoms with Gasteiger partial charge in [-0.2, -0.15) is 0 Å². The number of benzene rings is 1. The molecule has 1 aliphatic carbocycles. The summed E-state index contributed by atoms with van der Waals surface area (Å²) in [5.41, 5.74) is -0.142. The average molecular weight is 432 g/mol. The molecule has 0 amide bonds. The maximum atomic E-state index is 15.5. The molecule has 1 aliphatic heterocycles.